The van der Waals surface area contributed by atoms with Gasteiger partial charge in [0.15, 0.2) is 0 Å². The van der Waals surface area contributed by atoms with E-state index in [1.807, 2.05) is 72.6 Å². The number of amides is 2. The summed E-state index contributed by atoms with van der Waals surface area (Å²) in [6, 6.07) is 20.2. The average molecular weight is 529 g/mol. The molecule has 3 N–H and O–H groups in total. The summed E-state index contributed by atoms with van der Waals surface area (Å²) in [4.78, 5) is 31.0. The summed E-state index contributed by atoms with van der Waals surface area (Å²) < 4.78 is 13.5. The number of nitrogens with two attached hydrogens (primary N) is 1. The molecule has 3 aromatic rings. The van der Waals surface area contributed by atoms with Gasteiger partial charge >= 0.3 is 0 Å². The highest BCUT2D eigenvalue weighted by molar-refractivity contribution is 5.92. The van der Waals surface area contributed by atoms with Gasteiger partial charge in [0.05, 0.1) is 0 Å². The van der Waals surface area contributed by atoms with E-state index in [1.54, 1.807) is 13.1 Å². The van der Waals surface area contributed by atoms with Crippen LogP contribution < -0.4 is 11.1 Å². The minimum atomic E-state index is -0.824. The quantitative estimate of drug-likeness (QED) is 0.390. The highest BCUT2D eigenvalue weighted by atomic mass is 19.1. The molecule has 0 saturated heterocycles. The van der Waals surface area contributed by atoms with Crippen LogP contribution in [0.25, 0.3) is 22.3 Å². The first-order chi connectivity index (χ1) is 18.7. The number of halogens is 1. The van der Waals surface area contributed by atoms with Crippen LogP contribution in [0.1, 0.15) is 57.4 Å². The zero-order chi connectivity index (χ0) is 27.6. The lowest BCUT2D eigenvalue weighted by atomic mass is 9.71. The summed E-state index contributed by atoms with van der Waals surface area (Å²) in [6.45, 7) is 1.60. The second kappa shape index (κ2) is 11.3. The number of aromatic nitrogens is 1. The number of pyridine rings is 1. The lowest BCUT2D eigenvalue weighted by Gasteiger charge is -2.41. The molecule has 6 nitrogen and oxygen atoms in total. The van der Waals surface area contributed by atoms with Gasteiger partial charge in [0.2, 0.25) is 11.8 Å². The zero-order valence-electron chi connectivity index (χ0n) is 22.7. The van der Waals surface area contributed by atoms with Gasteiger partial charge in [0, 0.05) is 56.6 Å². The number of anilines is 1. The summed E-state index contributed by atoms with van der Waals surface area (Å²) in [5.41, 5.74) is 10.7. The summed E-state index contributed by atoms with van der Waals surface area (Å²) in [5, 5.41) is 3.01. The first-order valence-electron chi connectivity index (χ1n) is 13.8. The number of carbonyl (C=O) groups excluding carboxylic acids is 2. The molecule has 2 saturated carbocycles. The second-order valence-corrected chi connectivity index (χ2v) is 11.3. The van der Waals surface area contributed by atoms with E-state index in [1.165, 1.54) is 0 Å². The summed E-state index contributed by atoms with van der Waals surface area (Å²) in [7, 11) is 1.86. The van der Waals surface area contributed by atoms with E-state index in [0.717, 1.165) is 53.5 Å². The maximum atomic E-state index is 13.5. The number of alkyl halides is 1. The summed E-state index contributed by atoms with van der Waals surface area (Å²) >= 11 is 0. The molecule has 2 amide bonds. The molecule has 0 radical (unpaired) electrons. The first-order valence-corrected chi connectivity index (χ1v) is 13.8. The zero-order valence-corrected chi connectivity index (χ0v) is 22.7. The van der Waals surface area contributed by atoms with Gasteiger partial charge in [-0.25, -0.2) is 9.37 Å². The SMILES string of the molecule is CC(=O)N(C)C1CCC(CC(=O)Nc2cc(-c3ccccc3)c(-c3ccc([C@]4(N)C[C@H](F)C4)cc3)cn2)CC1. The van der Waals surface area contributed by atoms with Gasteiger partial charge in [0.1, 0.15) is 12.0 Å². The summed E-state index contributed by atoms with van der Waals surface area (Å²) in [5.74, 6) is 0.880. The van der Waals surface area contributed by atoms with Gasteiger partial charge < -0.3 is 16.0 Å². The Kier molecular flexibility index (Phi) is 7.80. The second-order valence-electron chi connectivity index (χ2n) is 11.3. The van der Waals surface area contributed by atoms with Crippen molar-refractivity contribution < 1.29 is 14.0 Å². The van der Waals surface area contributed by atoms with Crippen LogP contribution in [0.5, 0.6) is 0 Å². The van der Waals surface area contributed by atoms with Crippen LogP contribution in [0.3, 0.4) is 0 Å². The molecule has 204 valence electrons. The van der Waals surface area contributed by atoms with Crippen LogP contribution in [-0.4, -0.2) is 41.0 Å². The van der Waals surface area contributed by atoms with E-state index < -0.39 is 11.7 Å². The predicted molar refractivity (Wildman–Crippen MR) is 153 cm³/mol. The minimum absolute atomic E-state index is 0.0399. The highest BCUT2D eigenvalue weighted by Crippen LogP contribution is 2.42. The van der Waals surface area contributed by atoms with E-state index in [0.29, 0.717) is 31.0 Å². The van der Waals surface area contributed by atoms with Crippen molar-refractivity contribution in [3.05, 3.63) is 72.4 Å². The van der Waals surface area contributed by atoms with Crippen molar-refractivity contribution in [2.75, 3.05) is 12.4 Å². The van der Waals surface area contributed by atoms with E-state index in [4.69, 9.17) is 5.73 Å². The number of hydrogen-bond acceptors (Lipinski definition) is 4. The van der Waals surface area contributed by atoms with Crippen molar-refractivity contribution in [2.45, 2.75) is 69.6 Å². The number of carbonyl (C=O) groups is 2. The molecule has 2 aromatic carbocycles. The van der Waals surface area contributed by atoms with Crippen LogP contribution in [0, 0.1) is 5.92 Å². The molecule has 0 bridgehead atoms. The Morgan fingerprint density at radius 2 is 1.64 bits per heavy atom. The number of nitrogens with one attached hydrogen (secondary N) is 1. The molecule has 0 spiro atoms. The third kappa shape index (κ3) is 6.04. The van der Waals surface area contributed by atoms with E-state index in [9.17, 15) is 14.0 Å². The Balaban J connectivity index is 1.30. The van der Waals surface area contributed by atoms with Gasteiger partial charge in [-0.3, -0.25) is 9.59 Å². The Bertz CT molecular complexity index is 1310. The monoisotopic (exact) mass is 528 g/mol. The first kappa shape index (κ1) is 27.0. The number of rotatable bonds is 7. The lowest BCUT2D eigenvalue weighted by Crippen LogP contribution is -2.50. The van der Waals surface area contributed by atoms with E-state index >= 15 is 0 Å². The maximum Gasteiger partial charge on any atom is 0.225 e. The molecule has 1 heterocycles. The van der Waals surface area contributed by atoms with Crippen LogP contribution in [-0.2, 0) is 15.1 Å². The molecular weight excluding hydrogens is 491 g/mol. The van der Waals surface area contributed by atoms with Crippen LogP contribution in [0.4, 0.5) is 10.2 Å². The lowest BCUT2D eigenvalue weighted by molar-refractivity contribution is -0.130. The number of hydrogen-bond donors (Lipinski definition) is 2. The van der Waals surface area contributed by atoms with E-state index in [-0.39, 0.29) is 17.9 Å². The molecule has 2 aliphatic carbocycles. The molecule has 5 rings (SSSR count). The fourth-order valence-electron chi connectivity index (χ4n) is 6.01. The molecule has 1 aromatic heterocycles. The van der Waals surface area contributed by atoms with Crippen molar-refractivity contribution in [1.29, 1.82) is 0 Å². The van der Waals surface area contributed by atoms with E-state index in [2.05, 4.69) is 10.3 Å². The van der Waals surface area contributed by atoms with Gasteiger partial charge in [-0.05, 0) is 59.9 Å². The number of benzene rings is 2. The molecule has 7 heteroatoms. The molecule has 2 aliphatic rings. The molecule has 0 unspecified atom stereocenters. The largest absolute Gasteiger partial charge is 0.343 e. The van der Waals surface area contributed by atoms with Crippen molar-refractivity contribution >= 4 is 17.6 Å². The van der Waals surface area contributed by atoms with Crippen molar-refractivity contribution in [1.82, 2.24) is 9.88 Å². The van der Waals surface area contributed by atoms with Crippen LogP contribution in [0.15, 0.2) is 66.9 Å². The van der Waals surface area contributed by atoms with Gasteiger partial charge in [-0.15, -0.1) is 0 Å². The fraction of sp³-hybridized carbons (Fsp3) is 0.406. The standard InChI is InChI=1S/C32H37FN4O2/c1-21(38)37(2)27-14-8-22(9-15-27)16-31(39)36-30-17-28(23-6-4-3-5-7-23)29(20-35-30)24-10-12-25(13-11-24)32(34)18-26(33)19-32/h3-7,10-13,17,20,22,26-27H,8-9,14-16,18-19,34H2,1-2H3,(H,35,36,39)/t22?,26-,27?,32-. The molecule has 0 aliphatic heterocycles. The average Bonchev–Trinajstić information content (AvgIpc) is 2.93. The fourth-order valence-corrected chi connectivity index (χ4v) is 6.01. The van der Waals surface area contributed by atoms with Gasteiger partial charge in [-0.1, -0.05) is 54.6 Å². The Labute approximate surface area is 229 Å². The highest BCUT2D eigenvalue weighted by Gasteiger charge is 2.42. The van der Waals surface area contributed by atoms with Crippen LogP contribution >= 0.6 is 0 Å². The van der Waals surface area contributed by atoms with Crippen LogP contribution in [0.2, 0.25) is 0 Å². The predicted octanol–water partition coefficient (Wildman–Crippen LogP) is 6.07. The molecule has 2 fully saturated rings. The van der Waals surface area contributed by atoms with Gasteiger partial charge in [-0.2, -0.15) is 0 Å². The Hall–Kier alpha value is -3.58. The van der Waals surface area contributed by atoms with Crippen molar-refractivity contribution in [3.63, 3.8) is 0 Å². The Morgan fingerprint density at radius 3 is 2.26 bits per heavy atom. The Morgan fingerprint density at radius 1 is 1.00 bits per heavy atom. The normalized spacial score (nSPS) is 24.5. The minimum Gasteiger partial charge on any atom is -0.343 e. The number of nitrogens with zero attached hydrogens (tertiary/aromatic N) is 2. The molecule has 0 atom stereocenters. The molecule has 39 heavy (non-hydrogen) atoms. The van der Waals surface area contributed by atoms with Crippen molar-refractivity contribution in [2.24, 2.45) is 11.7 Å². The molecular formula is C32H37FN4O2. The third-order valence-corrected chi connectivity index (χ3v) is 8.53. The third-order valence-electron chi connectivity index (χ3n) is 8.53. The van der Waals surface area contributed by atoms with Gasteiger partial charge in [0.25, 0.3) is 0 Å². The summed E-state index contributed by atoms with van der Waals surface area (Å²) in [6.07, 6.45) is 5.86. The smallest absolute Gasteiger partial charge is 0.225 e. The topological polar surface area (TPSA) is 88.3 Å². The maximum absolute atomic E-state index is 13.5. The van der Waals surface area contributed by atoms with Crippen molar-refractivity contribution in [3.8, 4) is 22.3 Å².